The van der Waals surface area contributed by atoms with Crippen LogP contribution >= 0.6 is 0 Å². The number of rotatable bonds is 2. The summed E-state index contributed by atoms with van der Waals surface area (Å²) < 4.78 is 21.9. The summed E-state index contributed by atoms with van der Waals surface area (Å²) in [6, 6.07) is 0. The summed E-state index contributed by atoms with van der Waals surface area (Å²) in [6.45, 7) is 0. The standard InChI is InChI=1S/Au.2Fe.3O. The minimum atomic E-state index is -0.719. The molecule has 0 saturated carbocycles. The first kappa shape index (κ1) is 10.3. The summed E-state index contributed by atoms with van der Waals surface area (Å²) in [5.41, 5.74) is 0. The molecule has 0 N–H and O–H groups in total. The van der Waals surface area contributed by atoms with E-state index in [1.165, 1.54) is 0 Å². The van der Waals surface area contributed by atoms with Gasteiger partial charge in [0.2, 0.25) is 0 Å². The Morgan fingerprint density at radius 2 is 1.50 bits per heavy atom. The molecule has 6 heavy (non-hydrogen) atoms. The predicted molar refractivity (Wildman–Crippen MR) is 2.46 cm³/mol. The molecule has 3 nitrogen and oxygen atoms in total. The van der Waals surface area contributed by atoms with Crippen LogP contribution in [-0.2, 0) is 63.4 Å². The molecule has 0 fully saturated rings. The molecule has 45 valence electrons. The van der Waals surface area contributed by atoms with E-state index in [1.54, 1.807) is 0 Å². The molecule has 1 radical (unpaired) electrons. The molecular formula is AuFe2O3. The third kappa shape index (κ3) is 9.02. The van der Waals surface area contributed by atoms with E-state index in [1.807, 2.05) is 0 Å². The van der Waals surface area contributed by atoms with Crippen LogP contribution in [0.2, 0.25) is 0 Å². The second kappa shape index (κ2) is 9.60. The first-order valence-electron chi connectivity index (χ1n) is 0.577. The number of hydrogen-bond acceptors (Lipinski definition) is 3. The molecule has 0 rings (SSSR count). The van der Waals surface area contributed by atoms with Gasteiger partial charge in [-0.3, -0.25) is 0 Å². The van der Waals surface area contributed by atoms with Gasteiger partial charge in [0.1, 0.15) is 0 Å². The van der Waals surface area contributed by atoms with E-state index < -0.39 is 30.4 Å². The van der Waals surface area contributed by atoms with Crippen LogP contribution in [0.4, 0.5) is 0 Å². The van der Waals surface area contributed by atoms with Gasteiger partial charge in [-0.05, 0) is 0 Å². The van der Waals surface area contributed by atoms with E-state index in [0.29, 0.717) is 0 Å². The van der Waals surface area contributed by atoms with Crippen LogP contribution in [0.15, 0.2) is 0 Å². The van der Waals surface area contributed by atoms with Gasteiger partial charge in [0.05, 0.1) is 0 Å². The molecule has 0 aromatic heterocycles. The number of hydrogen-bond donors (Lipinski definition) is 0. The zero-order valence-electron chi connectivity index (χ0n) is 2.23. The van der Waals surface area contributed by atoms with Gasteiger partial charge in [-0.2, -0.15) is 0 Å². The molecule has 0 aromatic rings. The second-order valence-electron chi connectivity index (χ2n) is 0.169. The van der Waals surface area contributed by atoms with Crippen LogP contribution in [0.3, 0.4) is 0 Å². The van der Waals surface area contributed by atoms with Gasteiger partial charge in [0.15, 0.2) is 0 Å². The first-order chi connectivity index (χ1) is 2.41. The monoisotopic (exact) mass is 357 g/mol. The van der Waals surface area contributed by atoms with Crippen molar-refractivity contribution in [3.05, 3.63) is 0 Å². The Morgan fingerprint density at radius 1 is 1.17 bits per heavy atom. The molecule has 0 unspecified atom stereocenters. The Kier molecular flexibility index (Phi) is 16.5. The molecule has 6 heteroatoms. The van der Waals surface area contributed by atoms with Crippen molar-refractivity contribution in [1.29, 1.82) is 0 Å². The fourth-order valence-electron chi connectivity index (χ4n) is 0.00851. The van der Waals surface area contributed by atoms with E-state index in [4.69, 9.17) is 7.67 Å². The van der Waals surface area contributed by atoms with Crippen LogP contribution in [0, 0.1) is 0 Å². The van der Waals surface area contributed by atoms with E-state index in [0.717, 1.165) is 0 Å². The van der Waals surface area contributed by atoms with Crippen molar-refractivity contribution >= 4 is 0 Å². The van der Waals surface area contributed by atoms with Gasteiger partial charge in [0.25, 0.3) is 0 Å². The molecule has 0 aromatic carbocycles. The quantitative estimate of drug-likeness (QED) is 0.637. The predicted octanol–water partition coefficient (Wildman–Crippen LogP) is -0.314. The Labute approximate surface area is 63.1 Å². The zero-order chi connectivity index (χ0) is 4.12. The first-order valence-corrected chi connectivity index (χ1v) is 2.38. The van der Waals surface area contributed by atoms with Gasteiger partial charge < -0.3 is 0 Å². The van der Waals surface area contributed by atoms with Gasteiger partial charge in [0, 0.05) is 22.4 Å². The van der Waals surface area contributed by atoms with E-state index in [-0.39, 0.29) is 22.4 Å². The Hall–Kier alpha value is 1.34. The van der Waals surface area contributed by atoms with Crippen LogP contribution in [0.1, 0.15) is 0 Å². The molecule has 0 bridgehead atoms. The summed E-state index contributed by atoms with van der Waals surface area (Å²) in [5, 5.41) is 0. The molecule has 0 spiro atoms. The Balaban J connectivity index is 0. The SMILES string of the molecule is [Au].[O]=[Fe][O][Fe]=[O]. The van der Waals surface area contributed by atoms with Crippen LogP contribution in [0.5, 0.6) is 0 Å². The van der Waals surface area contributed by atoms with Crippen molar-refractivity contribution < 1.29 is 63.4 Å². The molecule has 0 saturated heterocycles. The second-order valence-corrected chi connectivity index (χ2v) is 1.35. The fraction of sp³-hybridized carbons (Fsp3) is 0. The molecule has 0 aliphatic carbocycles. The molecule has 0 aliphatic rings. The van der Waals surface area contributed by atoms with Crippen molar-refractivity contribution in [1.82, 2.24) is 0 Å². The minimum absolute atomic E-state index is 0. The molecule has 0 aliphatic heterocycles. The summed E-state index contributed by atoms with van der Waals surface area (Å²) in [4.78, 5) is 0. The van der Waals surface area contributed by atoms with Crippen molar-refractivity contribution in [3.63, 3.8) is 0 Å². The van der Waals surface area contributed by atoms with E-state index >= 15 is 0 Å². The van der Waals surface area contributed by atoms with Crippen LogP contribution in [-0.4, -0.2) is 0 Å². The molecule has 0 heterocycles. The van der Waals surface area contributed by atoms with Gasteiger partial charge in [-0.1, -0.05) is 0 Å². The topological polar surface area (TPSA) is 43.4 Å². The van der Waals surface area contributed by atoms with E-state index in [2.05, 4.69) is 2.90 Å². The zero-order valence-corrected chi connectivity index (χ0v) is 6.61. The summed E-state index contributed by atoms with van der Waals surface area (Å²) in [6.07, 6.45) is 0. The third-order valence-electron chi connectivity index (χ3n) is 0.0417. The average Bonchev–Trinajstić information content (AvgIpc) is 1.41. The average molecular weight is 357 g/mol. The summed E-state index contributed by atoms with van der Waals surface area (Å²) >= 11 is -1.44. The van der Waals surface area contributed by atoms with Gasteiger partial charge in [-0.25, -0.2) is 0 Å². The van der Waals surface area contributed by atoms with Crippen molar-refractivity contribution in [2.24, 2.45) is 0 Å². The maximum atomic E-state index is 9.11. The van der Waals surface area contributed by atoms with Gasteiger partial charge >= 0.3 is 41.0 Å². The summed E-state index contributed by atoms with van der Waals surface area (Å²) in [5.74, 6) is 0. The Morgan fingerprint density at radius 3 is 1.50 bits per heavy atom. The van der Waals surface area contributed by atoms with Crippen molar-refractivity contribution in [2.45, 2.75) is 0 Å². The Bertz CT molecular complexity index is 38.1. The molecule has 0 atom stereocenters. The normalized spacial score (nSPS) is 6.67. The van der Waals surface area contributed by atoms with Crippen molar-refractivity contribution in [3.8, 4) is 0 Å². The summed E-state index contributed by atoms with van der Waals surface area (Å²) in [7, 11) is 0. The van der Waals surface area contributed by atoms with Crippen LogP contribution in [0.25, 0.3) is 0 Å². The molecule has 0 amide bonds. The van der Waals surface area contributed by atoms with E-state index in [9.17, 15) is 0 Å². The fourth-order valence-corrected chi connectivity index (χ4v) is 0.145. The van der Waals surface area contributed by atoms with Gasteiger partial charge in [-0.15, -0.1) is 0 Å². The van der Waals surface area contributed by atoms with Crippen LogP contribution < -0.4 is 0 Å². The maximum absolute atomic E-state index is 9.11. The van der Waals surface area contributed by atoms with Crippen molar-refractivity contribution in [2.75, 3.05) is 0 Å². The third-order valence-corrected chi connectivity index (χ3v) is 0.708. The molecular weight excluding hydrogens is 357 g/mol.